The molecule has 0 bridgehead atoms. The van der Waals surface area contributed by atoms with Crippen molar-refractivity contribution in [3.05, 3.63) is 34.9 Å². The summed E-state index contributed by atoms with van der Waals surface area (Å²) in [5.74, 6) is 0.338. The molecule has 1 aromatic carbocycles. The number of likely N-dealkylation sites (tertiary alicyclic amines) is 1. The second kappa shape index (κ2) is 6.89. The third kappa shape index (κ3) is 3.67. The third-order valence-corrected chi connectivity index (χ3v) is 4.99. The molecule has 0 spiro atoms. The van der Waals surface area contributed by atoms with Crippen molar-refractivity contribution in [2.45, 2.75) is 18.9 Å². The number of amides is 2. The van der Waals surface area contributed by atoms with E-state index in [1.165, 1.54) is 0 Å². The molecule has 1 aromatic rings. The number of halogens is 1. The summed E-state index contributed by atoms with van der Waals surface area (Å²) in [6.45, 7) is 3.74. The van der Waals surface area contributed by atoms with E-state index in [9.17, 15) is 9.59 Å². The highest BCUT2D eigenvalue weighted by Crippen LogP contribution is 2.18. The Kier molecular flexibility index (Phi) is 4.87. The quantitative estimate of drug-likeness (QED) is 0.835. The molecule has 2 fully saturated rings. The lowest BCUT2D eigenvalue weighted by Crippen LogP contribution is -2.53. The van der Waals surface area contributed by atoms with Gasteiger partial charge >= 0.3 is 0 Å². The van der Waals surface area contributed by atoms with E-state index in [1.54, 1.807) is 4.90 Å². The van der Waals surface area contributed by atoms with E-state index in [2.05, 4.69) is 4.90 Å². The van der Waals surface area contributed by atoms with Crippen molar-refractivity contribution >= 4 is 23.4 Å². The van der Waals surface area contributed by atoms with Gasteiger partial charge in [-0.15, -0.1) is 0 Å². The van der Waals surface area contributed by atoms with Gasteiger partial charge in [-0.3, -0.25) is 14.5 Å². The maximum atomic E-state index is 12.4. The number of carbonyl (C=O) groups excluding carboxylic acids is 2. The van der Waals surface area contributed by atoms with Crippen LogP contribution in [0.5, 0.6) is 0 Å². The maximum Gasteiger partial charge on any atom is 0.239 e. The average Bonchev–Trinajstić information content (AvgIpc) is 2.87. The van der Waals surface area contributed by atoms with Gasteiger partial charge in [0, 0.05) is 44.8 Å². The molecule has 5 nitrogen and oxygen atoms in total. The first-order chi connectivity index (χ1) is 11.0. The minimum Gasteiger partial charge on any atom is -0.344 e. The van der Waals surface area contributed by atoms with Gasteiger partial charge in [0.15, 0.2) is 0 Å². The van der Waals surface area contributed by atoms with Crippen LogP contribution in [0.2, 0.25) is 5.02 Å². The Morgan fingerprint density at radius 3 is 2.57 bits per heavy atom. The van der Waals surface area contributed by atoms with E-state index < -0.39 is 0 Å². The van der Waals surface area contributed by atoms with Crippen LogP contribution in [0, 0.1) is 0 Å². The number of hydrogen-bond acceptors (Lipinski definition) is 3. The third-order valence-electron chi connectivity index (χ3n) is 4.75. The fourth-order valence-electron chi connectivity index (χ4n) is 3.36. The summed E-state index contributed by atoms with van der Waals surface area (Å²) in [5.41, 5.74) is 0.942. The Hall–Kier alpha value is -1.59. The SMILES string of the molecule is CN1CC[C@@H](N2CCN(C(=O)Cc3cccc(Cl)c3)CC2)C1=O. The van der Waals surface area contributed by atoms with Crippen LogP contribution in [-0.2, 0) is 16.0 Å². The highest BCUT2D eigenvalue weighted by molar-refractivity contribution is 6.30. The average molecular weight is 336 g/mol. The van der Waals surface area contributed by atoms with Crippen molar-refractivity contribution in [1.29, 1.82) is 0 Å². The predicted octanol–water partition coefficient (Wildman–Crippen LogP) is 1.26. The maximum absolute atomic E-state index is 12.4. The standard InChI is InChI=1S/C17H22ClN3O2/c1-19-6-5-15(17(19)23)20-7-9-21(10-8-20)16(22)12-13-3-2-4-14(18)11-13/h2-4,11,15H,5-10,12H2,1H3/t15-/m1/s1. The topological polar surface area (TPSA) is 43.9 Å². The minimum atomic E-state index is 0.00480. The first-order valence-corrected chi connectivity index (χ1v) is 8.43. The molecule has 2 amide bonds. The zero-order valence-corrected chi connectivity index (χ0v) is 14.1. The lowest BCUT2D eigenvalue weighted by molar-refractivity contribution is -0.134. The van der Waals surface area contributed by atoms with Crippen LogP contribution in [0.25, 0.3) is 0 Å². The van der Waals surface area contributed by atoms with E-state index >= 15 is 0 Å². The predicted molar refractivity (Wildman–Crippen MR) is 89.4 cm³/mol. The van der Waals surface area contributed by atoms with Crippen molar-refractivity contribution in [3.8, 4) is 0 Å². The number of nitrogens with zero attached hydrogens (tertiary/aromatic N) is 3. The molecule has 0 saturated carbocycles. The van der Waals surface area contributed by atoms with Crippen LogP contribution in [0.15, 0.2) is 24.3 Å². The molecule has 2 aliphatic heterocycles. The monoisotopic (exact) mass is 335 g/mol. The van der Waals surface area contributed by atoms with Crippen LogP contribution >= 0.6 is 11.6 Å². The summed E-state index contributed by atoms with van der Waals surface area (Å²) in [7, 11) is 1.85. The zero-order chi connectivity index (χ0) is 16.4. The summed E-state index contributed by atoms with van der Waals surface area (Å²) in [6.07, 6.45) is 1.28. The Morgan fingerprint density at radius 1 is 1.22 bits per heavy atom. The largest absolute Gasteiger partial charge is 0.344 e. The molecule has 0 aromatic heterocycles. The molecule has 23 heavy (non-hydrogen) atoms. The molecule has 124 valence electrons. The lowest BCUT2D eigenvalue weighted by Gasteiger charge is -2.37. The second-order valence-electron chi connectivity index (χ2n) is 6.29. The second-order valence-corrected chi connectivity index (χ2v) is 6.72. The van der Waals surface area contributed by atoms with E-state index in [0.717, 1.165) is 31.6 Å². The summed E-state index contributed by atoms with van der Waals surface area (Å²) in [5, 5.41) is 0.656. The van der Waals surface area contributed by atoms with Gasteiger partial charge < -0.3 is 9.80 Å². The van der Waals surface area contributed by atoms with Gasteiger partial charge in [-0.1, -0.05) is 23.7 Å². The van der Waals surface area contributed by atoms with E-state index in [0.29, 0.717) is 24.5 Å². The molecule has 2 saturated heterocycles. The smallest absolute Gasteiger partial charge is 0.239 e. The molecule has 3 rings (SSSR count). The van der Waals surface area contributed by atoms with Gasteiger partial charge in [-0.05, 0) is 24.1 Å². The Balaban J connectivity index is 1.52. The van der Waals surface area contributed by atoms with Crippen LogP contribution < -0.4 is 0 Å². The van der Waals surface area contributed by atoms with E-state index in [4.69, 9.17) is 11.6 Å². The van der Waals surface area contributed by atoms with Crippen LogP contribution in [0.1, 0.15) is 12.0 Å². The first kappa shape index (κ1) is 16.3. The van der Waals surface area contributed by atoms with Gasteiger partial charge in [-0.2, -0.15) is 0 Å². The molecular formula is C17H22ClN3O2. The molecule has 0 radical (unpaired) electrons. The lowest BCUT2D eigenvalue weighted by atomic mass is 10.1. The summed E-state index contributed by atoms with van der Waals surface area (Å²) >= 11 is 5.96. The zero-order valence-electron chi connectivity index (χ0n) is 13.4. The highest BCUT2D eigenvalue weighted by Gasteiger charge is 2.35. The molecule has 1 atom stereocenters. The summed E-state index contributed by atoms with van der Waals surface area (Å²) < 4.78 is 0. The van der Waals surface area contributed by atoms with Crippen LogP contribution in [0.3, 0.4) is 0 Å². The minimum absolute atomic E-state index is 0.00480. The number of benzene rings is 1. The molecule has 6 heteroatoms. The molecule has 0 N–H and O–H groups in total. The molecule has 2 aliphatic rings. The Labute approximate surface area is 141 Å². The molecule has 0 aliphatic carbocycles. The Bertz CT molecular complexity index is 599. The fourth-order valence-corrected chi connectivity index (χ4v) is 3.57. The highest BCUT2D eigenvalue weighted by atomic mass is 35.5. The van der Waals surface area contributed by atoms with Crippen molar-refractivity contribution in [2.75, 3.05) is 39.8 Å². The van der Waals surface area contributed by atoms with Crippen molar-refractivity contribution in [1.82, 2.24) is 14.7 Å². The number of piperazine rings is 1. The van der Waals surface area contributed by atoms with Gasteiger partial charge in [0.1, 0.15) is 0 Å². The number of rotatable bonds is 3. The van der Waals surface area contributed by atoms with Crippen molar-refractivity contribution < 1.29 is 9.59 Å². The first-order valence-electron chi connectivity index (χ1n) is 8.06. The number of carbonyl (C=O) groups is 2. The van der Waals surface area contributed by atoms with Crippen molar-refractivity contribution in [2.24, 2.45) is 0 Å². The van der Waals surface area contributed by atoms with Crippen LogP contribution in [0.4, 0.5) is 0 Å². The van der Waals surface area contributed by atoms with Gasteiger partial charge in [-0.25, -0.2) is 0 Å². The Morgan fingerprint density at radius 2 is 1.96 bits per heavy atom. The van der Waals surface area contributed by atoms with E-state index in [1.807, 2.05) is 36.2 Å². The van der Waals surface area contributed by atoms with Gasteiger partial charge in [0.2, 0.25) is 11.8 Å². The van der Waals surface area contributed by atoms with E-state index in [-0.39, 0.29) is 17.9 Å². The van der Waals surface area contributed by atoms with Crippen LogP contribution in [-0.4, -0.2) is 72.3 Å². The fraction of sp³-hybridized carbons (Fsp3) is 0.529. The summed E-state index contributed by atoms with van der Waals surface area (Å²) in [4.78, 5) is 30.4. The normalized spacial score (nSPS) is 22.7. The molecule has 0 unspecified atom stereocenters. The van der Waals surface area contributed by atoms with Gasteiger partial charge in [0.05, 0.1) is 12.5 Å². The molecule has 2 heterocycles. The number of likely N-dealkylation sites (N-methyl/N-ethyl adjacent to an activating group) is 1. The molecular weight excluding hydrogens is 314 g/mol. The van der Waals surface area contributed by atoms with Gasteiger partial charge in [0.25, 0.3) is 0 Å². The summed E-state index contributed by atoms with van der Waals surface area (Å²) in [6, 6.07) is 7.44. The number of hydrogen-bond donors (Lipinski definition) is 0. The van der Waals surface area contributed by atoms with Crippen molar-refractivity contribution in [3.63, 3.8) is 0 Å².